The molecule has 1 fully saturated rings. The second-order valence-corrected chi connectivity index (χ2v) is 5.43. The van der Waals surface area contributed by atoms with Crippen LogP contribution in [0.5, 0.6) is 0 Å². The molecule has 0 heterocycles. The van der Waals surface area contributed by atoms with Crippen molar-refractivity contribution >= 4 is 0 Å². The summed E-state index contributed by atoms with van der Waals surface area (Å²) in [6.45, 7) is 6.57. The lowest BCUT2D eigenvalue weighted by Gasteiger charge is -2.29. The van der Waals surface area contributed by atoms with Crippen molar-refractivity contribution in [3.05, 3.63) is 11.6 Å². The molecule has 1 aliphatic carbocycles. The van der Waals surface area contributed by atoms with Gasteiger partial charge in [-0.05, 0) is 59.3 Å². The first-order chi connectivity index (χ1) is 7.58. The Morgan fingerprint density at radius 2 is 1.94 bits per heavy atom. The quantitative estimate of drug-likeness (QED) is 0.705. The molecule has 0 aliphatic heterocycles. The molecule has 0 aromatic carbocycles. The zero-order valence-electron chi connectivity index (χ0n) is 11.0. The standard InChI is InChI=1S/C14H27NO/c1-11(2)5-4-6-12(3)15-13-7-9-14(16)10-8-13/h5,12-16H,4,6-10H2,1-3H3/t12-,13?,14?/m0/s1. The summed E-state index contributed by atoms with van der Waals surface area (Å²) in [5.74, 6) is 0. The third-order valence-corrected chi connectivity index (χ3v) is 3.37. The Bertz CT molecular complexity index is 213. The minimum atomic E-state index is -0.0426. The average molecular weight is 225 g/mol. The smallest absolute Gasteiger partial charge is 0.0541 e. The van der Waals surface area contributed by atoms with Gasteiger partial charge in [0.1, 0.15) is 0 Å². The van der Waals surface area contributed by atoms with Crippen molar-refractivity contribution in [2.45, 2.75) is 77.5 Å². The van der Waals surface area contributed by atoms with Gasteiger partial charge in [0.15, 0.2) is 0 Å². The van der Waals surface area contributed by atoms with Crippen molar-refractivity contribution in [3.63, 3.8) is 0 Å². The topological polar surface area (TPSA) is 32.3 Å². The number of aliphatic hydroxyl groups is 1. The minimum Gasteiger partial charge on any atom is -0.393 e. The Balaban J connectivity index is 2.14. The molecule has 0 bridgehead atoms. The summed E-state index contributed by atoms with van der Waals surface area (Å²) in [4.78, 5) is 0. The maximum atomic E-state index is 9.43. The molecule has 2 nitrogen and oxygen atoms in total. The van der Waals surface area contributed by atoms with E-state index in [4.69, 9.17) is 0 Å². The van der Waals surface area contributed by atoms with E-state index in [1.165, 1.54) is 18.4 Å². The second-order valence-electron chi connectivity index (χ2n) is 5.43. The van der Waals surface area contributed by atoms with Crippen LogP contribution in [0.25, 0.3) is 0 Å². The molecule has 0 spiro atoms. The lowest BCUT2D eigenvalue weighted by molar-refractivity contribution is 0.114. The van der Waals surface area contributed by atoms with Crippen LogP contribution in [0.15, 0.2) is 11.6 Å². The summed E-state index contributed by atoms with van der Waals surface area (Å²) in [5, 5.41) is 13.1. The third-order valence-electron chi connectivity index (χ3n) is 3.37. The van der Waals surface area contributed by atoms with Crippen molar-refractivity contribution in [3.8, 4) is 0 Å². The number of aliphatic hydroxyl groups excluding tert-OH is 1. The van der Waals surface area contributed by atoms with E-state index in [1.54, 1.807) is 0 Å². The van der Waals surface area contributed by atoms with Gasteiger partial charge in [0.2, 0.25) is 0 Å². The second kappa shape index (κ2) is 7.08. The highest BCUT2D eigenvalue weighted by atomic mass is 16.3. The third kappa shape index (κ3) is 5.66. The molecule has 16 heavy (non-hydrogen) atoms. The SMILES string of the molecule is CC(C)=CCC[C@H](C)NC1CCC(O)CC1. The molecule has 94 valence electrons. The molecule has 1 atom stereocenters. The fourth-order valence-electron chi connectivity index (χ4n) is 2.35. The fraction of sp³-hybridized carbons (Fsp3) is 0.857. The Hall–Kier alpha value is -0.340. The fourth-order valence-corrected chi connectivity index (χ4v) is 2.35. The predicted octanol–water partition coefficient (Wildman–Crippen LogP) is 3.01. The molecular weight excluding hydrogens is 198 g/mol. The van der Waals surface area contributed by atoms with Crippen LogP contribution in [0.3, 0.4) is 0 Å². The summed E-state index contributed by atoms with van der Waals surface area (Å²) in [6, 6.07) is 1.22. The van der Waals surface area contributed by atoms with Crippen molar-refractivity contribution in [2.24, 2.45) is 0 Å². The number of nitrogens with one attached hydrogen (secondary N) is 1. The van der Waals surface area contributed by atoms with Crippen molar-refractivity contribution in [1.29, 1.82) is 0 Å². The van der Waals surface area contributed by atoms with Gasteiger partial charge < -0.3 is 10.4 Å². The van der Waals surface area contributed by atoms with Crippen LogP contribution in [0.2, 0.25) is 0 Å². The van der Waals surface area contributed by atoms with Gasteiger partial charge in [-0.2, -0.15) is 0 Å². The minimum absolute atomic E-state index is 0.0426. The van der Waals surface area contributed by atoms with E-state index < -0.39 is 0 Å². The van der Waals surface area contributed by atoms with E-state index in [9.17, 15) is 5.11 Å². The van der Waals surface area contributed by atoms with Crippen LogP contribution < -0.4 is 5.32 Å². The summed E-state index contributed by atoms with van der Waals surface area (Å²) in [6.07, 6.45) is 8.86. The molecule has 0 unspecified atom stereocenters. The summed E-state index contributed by atoms with van der Waals surface area (Å²) in [7, 11) is 0. The van der Waals surface area contributed by atoms with Gasteiger partial charge in [0, 0.05) is 12.1 Å². The van der Waals surface area contributed by atoms with E-state index in [0.29, 0.717) is 12.1 Å². The highest BCUT2D eigenvalue weighted by molar-refractivity contribution is 4.93. The molecule has 0 aromatic rings. The Kier molecular flexibility index (Phi) is 6.07. The molecule has 0 aromatic heterocycles. The summed E-state index contributed by atoms with van der Waals surface area (Å²) >= 11 is 0. The highest BCUT2D eigenvalue weighted by Crippen LogP contribution is 2.19. The molecule has 1 aliphatic rings. The van der Waals surface area contributed by atoms with Gasteiger partial charge in [-0.1, -0.05) is 11.6 Å². The first kappa shape index (κ1) is 13.7. The first-order valence-corrected chi connectivity index (χ1v) is 6.65. The molecule has 2 N–H and O–H groups in total. The average Bonchev–Trinajstić information content (AvgIpc) is 2.21. The maximum absolute atomic E-state index is 9.43. The zero-order valence-corrected chi connectivity index (χ0v) is 11.0. The zero-order chi connectivity index (χ0) is 12.0. The molecule has 1 saturated carbocycles. The van der Waals surface area contributed by atoms with Crippen molar-refractivity contribution in [1.82, 2.24) is 5.32 Å². The van der Waals surface area contributed by atoms with Gasteiger partial charge in [-0.3, -0.25) is 0 Å². The van der Waals surface area contributed by atoms with Gasteiger partial charge in [-0.15, -0.1) is 0 Å². The summed E-state index contributed by atoms with van der Waals surface area (Å²) < 4.78 is 0. The van der Waals surface area contributed by atoms with Crippen LogP contribution in [-0.4, -0.2) is 23.3 Å². The number of rotatable bonds is 5. The molecular formula is C14H27NO. The van der Waals surface area contributed by atoms with E-state index in [1.807, 2.05) is 0 Å². The molecule has 1 rings (SSSR count). The van der Waals surface area contributed by atoms with Crippen LogP contribution in [0, 0.1) is 0 Å². The largest absolute Gasteiger partial charge is 0.393 e. The highest BCUT2D eigenvalue weighted by Gasteiger charge is 2.19. The molecule has 0 amide bonds. The lowest BCUT2D eigenvalue weighted by atomic mass is 9.92. The van der Waals surface area contributed by atoms with Crippen LogP contribution in [-0.2, 0) is 0 Å². The van der Waals surface area contributed by atoms with Gasteiger partial charge >= 0.3 is 0 Å². The Morgan fingerprint density at radius 3 is 2.50 bits per heavy atom. The van der Waals surface area contributed by atoms with Crippen LogP contribution in [0.4, 0.5) is 0 Å². The first-order valence-electron chi connectivity index (χ1n) is 6.65. The van der Waals surface area contributed by atoms with E-state index in [0.717, 1.165) is 25.7 Å². The number of allylic oxidation sites excluding steroid dienone is 2. The lowest BCUT2D eigenvalue weighted by Crippen LogP contribution is -2.39. The van der Waals surface area contributed by atoms with Crippen molar-refractivity contribution in [2.75, 3.05) is 0 Å². The number of hydrogen-bond acceptors (Lipinski definition) is 2. The summed E-state index contributed by atoms with van der Waals surface area (Å²) in [5.41, 5.74) is 1.41. The van der Waals surface area contributed by atoms with E-state index >= 15 is 0 Å². The van der Waals surface area contributed by atoms with E-state index in [2.05, 4.69) is 32.2 Å². The van der Waals surface area contributed by atoms with Gasteiger partial charge in [-0.25, -0.2) is 0 Å². The van der Waals surface area contributed by atoms with Crippen LogP contribution in [0.1, 0.15) is 59.3 Å². The van der Waals surface area contributed by atoms with Crippen LogP contribution >= 0.6 is 0 Å². The van der Waals surface area contributed by atoms with Crippen molar-refractivity contribution < 1.29 is 5.11 Å². The molecule has 0 saturated heterocycles. The maximum Gasteiger partial charge on any atom is 0.0541 e. The number of hydrogen-bond donors (Lipinski definition) is 2. The van der Waals surface area contributed by atoms with Gasteiger partial charge in [0.25, 0.3) is 0 Å². The van der Waals surface area contributed by atoms with Gasteiger partial charge in [0.05, 0.1) is 6.10 Å². The molecule has 2 heteroatoms. The Labute approximate surface area is 100 Å². The normalized spacial score (nSPS) is 27.5. The Morgan fingerprint density at radius 1 is 1.31 bits per heavy atom. The van der Waals surface area contributed by atoms with E-state index in [-0.39, 0.29) is 6.10 Å². The predicted molar refractivity (Wildman–Crippen MR) is 69.5 cm³/mol. The molecule has 0 radical (unpaired) electrons. The monoisotopic (exact) mass is 225 g/mol.